The lowest BCUT2D eigenvalue weighted by Gasteiger charge is -2.15. The van der Waals surface area contributed by atoms with E-state index in [0.29, 0.717) is 17.6 Å². The number of hydrogen-bond acceptors (Lipinski definition) is 4. The number of carbonyl (C=O) groups is 2. The maximum absolute atomic E-state index is 12.2. The third-order valence-corrected chi connectivity index (χ3v) is 3.09. The number of amides is 1. The molecule has 1 aromatic carbocycles. The fourth-order valence-corrected chi connectivity index (χ4v) is 2.07. The van der Waals surface area contributed by atoms with Crippen molar-refractivity contribution in [3.8, 4) is 0 Å². The lowest BCUT2D eigenvalue weighted by atomic mass is 10.1. The Balaban J connectivity index is 2.20. The molecule has 2 rings (SSSR count). The molecule has 1 amide bonds. The molecule has 5 nitrogen and oxygen atoms in total. The third-order valence-electron chi connectivity index (χ3n) is 3.09. The van der Waals surface area contributed by atoms with Crippen LogP contribution in [0.5, 0.6) is 0 Å². The molecule has 0 saturated carbocycles. The number of hydrogen-bond donors (Lipinski definition) is 1. The van der Waals surface area contributed by atoms with E-state index in [1.807, 2.05) is 19.1 Å². The van der Waals surface area contributed by atoms with Crippen molar-refractivity contribution in [3.63, 3.8) is 0 Å². The molecule has 106 valence electrons. The van der Waals surface area contributed by atoms with Crippen LogP contribution in [0.2, 0.25) is 0 Å². The van der Waals surface area contributed by atoms with Gasteiger partial charge in [-0.15, -0.1) is 0 Å². The first-order chi connectivity index (χ1) is 9.67. The first-order valence-corrected chi connectivity index (χ1v) is 6.52. The number of ether oxygens (including phenoxy) is 1. The van der Waals surface area contributed by atoms with Gasteiger partial charge >= 0.3 is 5.97 Å². The Morgan fingerprint density at radius 3 is 2.80 bits per heavy atom. The fourth-order valence-electron chi connectivity index (χ4n) is 2.07. The standard InChI is InChI=1S/C15H17NO4/c1-3-6-12(15(18)19-2)16-14(17)11-9-20-13-8-5-4-7-10(11)13/h4-5,7-9,12H,3,6H2,1-2H3,(H,16,17). The van der Waals surface area contributed by atoms with Gasteiger partial charge in [-0.25, -0.2) is 4.79 Å². The number of furan rings is 1. The second kappa shape index (κ2) is 6.23. The zero-order valence-corrected chi connectivity index (χ0v) is 11.5. The second-order valence-electron chi connectivity index (χ2n) is 4.48. The third kappa shape index (κ3) is 2.82. The summed E-state index contributed by atoms with van der Waals surface area (Å²) in [5, 5.41) is 3.42. The lowest BCUT2D eigenvalue weighted by Crippen LogP contribution is -2.41. The van der Waals surface area contributed by atoms with Crippen molar-refractivity contribution < 1.29 is 18.7 Å². The van der Waals surface area contributed by atoms with Crippen LogP contribution in [0.4, 0.5) is 0 Å². The van der Waals surface area contributed by atoms with Crippen LogP contribution >= 0.6 is 0 Å². The van der Waals surface area contributed by atoms with E-state index in [9.17, 15) is 9.59 Å². The van der Waals surface area contributed by atoms with Crippen LogP contribution in [0.25, 0.3) is 11.0 Å². The van der Waals surface area contributed by atoms with Crippen LogP contribution in [0, 0.1) is 0 Å². The monoisotopic (exact) mass is 275 g/mol. The van der Waals surface area contributed by atoms with Gasteiger partial charge in [-0.3, -0.25) is 4.79 Å². The topological polar surface area (TPSA) is 68.5 Å². The van der Waals surface area contributed by atoms with E-state index in [1.165, 1.54) is 13.4 Å². The van der Waals surface area contributed by atoms with E-state index >= 15 is 0 Å². The van der Waals surface area contributed by atoms with Gasteiger partial charge in [0.05, 0.1) is 12.7 Å². The number of fused-ring (bicyclic) bond motifs is 1. The van der Waals surface area contributed by atoms with Crippen LogP contribution in [0.3, 0.4) is 0 Å². The molecule has 1 atom stereocenters. The van der Waals surface area contributed by atoms with E-state index in [1.54, 1.807) is 12.1 Å². The zero-order chi connectivity index (χ0) is 14.5. The highest BCUT2D eigenvalue weighted by molar-refractivity contribution is 6.06. The number of rotatable bonds is 5. The maximum atomic E-state index is 12.2. The molecule has 1 unspecified atom stereocenters. The summed E-state index contributed by atoms with van der Waals surface area (Å²) in [5.74, 6) is -0.771. The van der Waals surface area contributed by atoms with Gasteiger partial charge in [0.1, 0.15) is 17.9 Å². The summed E-state index contributed by atoms with van der Waals surface area (Å²) < 4.78 is 10.0. The van der Waals surface area contributed by atoms with Gasteiger partial charge in [-0.1, -0.05) is 31.5 Å². The molecule has 0 fully saturated rings. The second-order valence-corrected chi connectivity index (χ2v) is 4.48. The smallest absolute Gasteiger partial charge is 0.328 e. The SMILES string of the molecule is CCCC(NC(=O)c1coc2ccccc12)C(=O)OC. The van der Waals surface area contributed by atoms with Gasteiger partial charge in [0.25, 0.3) is 5.91 Å². The predicted molar refractivity (Wildman–Crippen MR) is 74.4 cm³/mol. The Bertz CT molecular complexity index is 617. The van der Waals surface area contributed by atoms with Gasteiger partial charge in [0, 0.05) is 5.39 Å². The minimum Gasteiger partial charge on any atom is -0.467 e. The Morgan fingerprint density at radius 2 is 2.10 bits per heavy atom. The normalized spacial score (nSPS) is 12.1. The number of nitrogens with one attached hydrogen (secondary N) is 1. The summed E-state index contributed by atoms with van der Waals surface area (Å²) in [5.41, 5.74) is 1.06. The van der Waals surface area contributed by atoms with Crippen LogP contribution in [0.1, 0.15) is 30.1 Å². The van der Waals surface area contributed by atoms with Gasteiger partial charge < -0.3 is 14.5 Å². The summed E-state index contributed by atoms with van der Waals surface area (Å²) >= 11 is 0. The average Bonchev–Trinajstić information content (AvgIpc) is 2.90. The number of carbonyl (C=O) groups excluding carboxylic acids is 2. The maximum Gasteiger partial charge on any atom is 0.328 e. The number of benzene rings is 1. The number of para-hydroxylation sites is 1. The molecule has 0 saturated heterocycles. The summed E-state index contributed by atoms with van der Waals surface area (Å²) in [6.45, 7) is 1.94. The van der Waals surface area contributed by atoms with Gasteiger partial charge in [0.2, 0.25) is 0 Å². The van der Waals surface area contributed by atoms with E-state index in [4.69, 9.17) is 9.15 Å². The minimum absolute atomic E-state index is 0.334. The van der Waals surface area contributed by atoms with Crippen molar-refractivity contribution in [1.82, 2.24) is 5.32 Å². The van der Waals surface area contributed by atoms with Crippen molar-refractivity contribution in [3.05, 3.63) is 36.1 Å². The molecule has 1 N–H and O–H groups in total. The van der Waals surface area contributed by atoms with Crippen molar-refractivity contribution in [2.45, 2.75) is 25.8 Å². The highest BCUT2D eigenvalue weighted by Gasteiger charge is 2.22. The molecule has 0 aliphatic rings. The Kier molecular flexibility index (Phi) is 4.40. The minimum atomic E-state index is -0.633. The average molecular weight is 275 g/mol. The fraction of sp³-hybridized carbons (Fsp3) is 0.333. The molecule has 0 spiro atoms. The molecule has 0 bridgehead atoms. The van der Waals surface area contributed by atoms with E-state index in [0.717, 1.165) is 11.8 Å². The molecular weight excluding hydrogens is 258 g/mol. The zero-order valence-electron chi connectivity index (χ0n) is 11.5. The molecule has 2 aromatic rings. The molecule has 1 heterocycles. The number of esters is 1. The Hall–Kier alpha value is -2.30. The lowest BCUT2D eigenvalue weighted by molar-refractivity contribution is -0.143. The quantitative estimate of drug-likeness (QED) is 0.851. The van der Waals surface area contributed by atoms with Crippen LogP contribution in [-0.4, -0.2) is 25.0 Å². The van der Waals surface area contributed by atoms with E-state index in [2.05, 4.69) is 5.32 Å². The van der Waals surface area contributed by atoms with Crippen LogP contribution in [0.15, 0.2) is 34.9 Å². The molecule has 0 aliphatic carbocycles. The van der Waals surface area contributed by atoms with Crippen LogP contribution < -0.4 is 5.32 Å². The highest BCUT2D eigenvalue weighted by atomic mass is 16.5. The van der Waals surface area contributed by atoms with E-state index in [-0.39, 0.29) is 5.91 Å². The van der Waals surface area contributed by atoms with Crippen molar-refractivity contribution in [2.75, 3.05) is 7.11 Å². The largest absolute Gasteiger partial charge is 0.467 e. The van der Waals surface area contributed by atoms with Crippen molar-refractivity contribution >= 4 is 22.8 Å². The number of methoxy groups -OCH3 is 1. The Morgan fingerprint density at radius 1 is 1.35 bits per heavy atom. The summed E-state index contributed by atoms with van der Waals surface area (Å²) in [7, 11) is 1.31. The predicted octanol–water partition coefficient (Wildman–Crippen LogP) is 2.50. The van der Waals surface area contributed by atoms with Gasteiger partial charge in [-0.2, -0.15) is 0 Å². The van der Waals surface area contributed by atoms with E-state index < -0.39 is 12.0 Å². The molecule has 1 aromatic heterocycles. The van der Waals surface area contributed by atoms with Gasteiger partial charge in [-0.05, 0) is 12.5 Å². The first-order valence-electron chi connectivity index (χ1n) is 6.52. The Labute approximate surface area is 116 Å². The summed E-state index contributed by atoms with van der Waals surface area (Å²) in [4.78, 5) is 23.9. The molecular formula is C15H17NO4. The first kappa shape index (κ1) is 14.1. The molecule has 5 heteroatoms. The molecule has 0 radical (unpaired) electrons. The molecule has 0 aliphatic heterocycles. The highest BCUT2D eigenvalue weighted by Crippen LogP contribution is 2.20. The molecule has 20 heavy (non-hydrogen) atoms. The summed E-state index contributed by atoms with van der Waals surface area (Å²) in [6.07, 6.45) is 2.71. The van der Waals surface area contributed by atoms with Crippen LogP contribution in [-0.2, 0) is 9.53 Å². The van der Waals surface area contributed by atoms with Crippen molar-refractivity contribution in [2.24, 2.45) is 0 Å². The van der Waals surface area contributed by atoms with Crippen molar-refractivity contribution in [1.29, 1.82) is 0 Å². The van der Waals surface area contributed by atoms with Gasteiger partial charge in [0.15, 0.2) is 0 Å². The summed E-state index contributed by atoms with van der Waals surface area (Å²) in [6, 6.07) is 6.63.